The number of amidine groups is 1. The van der Waals surface area contributed by atoms with Crippen LogP contribution >= 0.6 is 0 Å². The SMILES string of the molecule is NN=C(N)C1CCCCS1(=O)=O. The molecule has 0 aromatic carbocycles. The van der Waals surface area contributed by atoms with E-state index in [1.54, 1.807) is 0 Å². The fraction of sp³-hybridized carbons (Fsp3) is 0.833. The fourth-order valence-corrected chi connectivity index (χ4v) is 3.22. The van der Waals surface area contributed by atoms with Crippen molar-refractivity contribution in [3.8, 4) is 0 Å². The van der Waals surface area contributed by atoms with Gasteiger partial charge in [-0.15, -0.1) is 0 Å². The standard InChI is InChI=1S/C6H13N3O2S/c7-6(9-8)5-3-1-2-4-12(5,10)11/h5H,1-4,8H2,(H2,7,9). The molecular formula is C6H13N3O2S. The van der Waals surface area contributed by atoms with Crippen LogP contribution in [0.5, 0.6) is 0 Å². The van der Waals surface area contributed by atoms with Gasteiger partial charge in [-0.2, -0.15) is 5.10 Å². The number of rotatable bonds is 1. The highest BCUT2D eigenvalue weighted by atomic mass is 32.2. The van der Waals surface area contributed by atoms with Gasteiger partial charge >= 0.3 is 0 Å². The van der Waals surface area contributed by atoms with E-state index in [0.717, 1.165) is 12.8 Å². The van der Waals surface area contributed by atoms with Crippen LogP contribution in [0.15, 0.2) is 5.10 Å². The molecule has 1 fully saturated rings. The van der Waals surface area contributed by atoms with Crippen LogP contribution in [0.4, 0.5) is 0 Å². The van der Waals surface area contributed by atoms with Gasteiger partial charge in [0, 0.05) is 0 Å². The molecule has 1 aliphatic rings. The molecule has 0 saturated carbocycles. The lowest BCUT2D eigenvalue weighted by atomic mass is 10.2. The maximum atomic E-state index is 11.4. The molecule has 6 heteroatoms. The number of hydrazone groups is 1. The molecule has 70 valence electrons. The van der Waals surface area contributed by atoms with Crippen molar-refractivity contribution in [2.24, 2.45) is 16.7 Å². The minimum atomic E-state index is -3.07. The minimum absolute atomic E-state index is 0.0368. The second kappa shape index (κ2) is 3.30. The largest absolute Gasteiger partial charge is 0.385 e. The summed E-state index contributed by atoms with van der Waals surface area (Å²) in [5, 5.41) is 2.58. The monoisotopic (exact) mass is 191 g/mol. The van der Waals surface area contributed by atoms with E-state index < -0.39 is 15.1 Å². The Bertz CT molecular complexity index is 283. The van der Waals surface area contributed by atoms with E-state index in [0.29, 0.717) is 6.42 Å². The van der Waals surface area contributed by atoms with E-state index in [1.807, 2.05) is 0 Å². The normalized spacial score (nSPS) is 30.0. The molecule has 0 aliphatic carbocycles. The van der Waals surface area contributed by atoms with E-state index in [9.17, 15) is 8.42 Å². The third-order valence-electron chi connectivity index (χ3n) is 2.06. The van der Waals surface area contributed by atoms with Crippen molar-refractivity contribution in [3.05, 3.63) is 0 Å². The maximum absolute atomic E-state index is 11.4. The van der Waals surface area contributed by atoms with Crippen LogP contribution in [-0.2, 0) is 9.84 Å². The molecule has 4 N–H and O–H groups in total. The van der Waals surface area contributed by atoms with Crippen molar-refractivity contribution < 1.29 is 8.42 Å². The Labute approximate surface area is 71.7 Å². The third-order valence-corrected chi connectivity index (χ3v) is 4.26. The summed E-state index contributed by atoms with van der Waals surface area (Å²) in [5.74, 6) is 5.16. The summed E-state index contributed by atoms with van der Waals surface area (Å²) in [6.45, 7) is 0. The molecule has 0 aromatic rings. The third kappa shape index (κ3) is 1.69. The number of nitrogens with zero attached hydrogens (tertiary/aromatic N) is 1. The van der Waals surface area contributed by atoms with Gasteiger partial charge in [0.15, 0.2) is 9.84 Å². The summed E-state index contributed by atoms with van der Waals surface area (Å²) in [5.41, 5.74) is 5.37. The lowest BCUT2D eigenvalue weighted by Gasteiger charge is -2.20. The van der Waals surface area contributed by atoms with Crippen LogP contribution in [0, 0.1) is 0 Å². The van der Waals surface area contributed by atoms with E-state index in [2.05, 4.69) is 5.10 Å². The zero-order valence-electron chi connectivity index (χ0n) is 6.73. The minimum Gasteiger partial charge on any atom is -0.385 e. The van der Waals surface area contributed by atoms with Crippen LogP contribution in [0.2, 0.25) is 0 Å². The predicted octanol–water partition coefficient (Wildman–Crippen LogP) is -0.815. The van der Waals surface area contributed by atoms with E-state index in [-0.39, 0.29) is 11.6 Å². The summed E-state index contributed by atoms with van der Waals surface area (Å²) in [6, 6.07) is 0. The highest BCUT2D eigenvalue weighted by Crippen LogP contribution is 2.19. The van der Waals surface area contributed by atoms with Crippen molar-refractivity contribution in [2.75, 3.05) is 5.75 Å². The van der Waals surface area contributed by atoms with Gasteiger partial charge in [0.1, 0.15) is 11.1 Å². The Morgan fingerprint density at radius 3 is 2.58 bits per heavy atom. The van der Waals surface area contributed by atoms with Gasteiger partial charge in [0.05, 0.1) is 5.75 Å². The van der Waals surface area contributed by atoms with E-state index >= 15 is 0 Å². The van der Waals surface area contributed by atoms with E-state index in [4.69, 9.17) is 11.6 Å². The molecule has 1 rings (SSSR count). The first kappa shape index (κ1) is 9.31. The Morgan fingerprint density at radius 2 is 2.08 bits per heavy atom. The van der Waals surface area contributed by atoms with Gasteiger partial charge in [-0.05, 0) is 12.8 Å². The number of sulfone groups is 1. The molecule has 1 saturated heterocycles. The second-order valence-electron chi connectivity index (χ2n) is 2.91. The lowest BCUT2D eigenvalue weighted by molar-refractivity contribution is 0.563. The summed E-state index contributed by atoms with van der Waals surface area (Å²) in [4.78, 5) is 0. The van der Waals surface area contributed by atoms with Crippen LogP contribution in [0.3, 0.4) is 0 Å². The summed E-state index contributed by atoms with van der Waals surface area (Å²) in [7, 11) is -3.07. The Morgan fingerprint density at radius 1 is 1.42 bits per heavy atom. The smallest absolute Gasteiger partial charge is 0.160 e. The molecular weight excluding hydrogens is 178 g/mol. The van der Waals surface area contributed by atoms with Crippen molar-refractivity contribution in [1.82, 2.24) is 0 Å². The first-order valence-electron chi connectivity index (χ1n) is 3.83. The molecule has 0 bridgehead atoms. The molecule has 1 unspecified atom stereocenters. The fourth-order valence-electron chi connectivity index (χ4n) is 1.37. The van der Waals surface area contributed by atoms with Crippen LogP contribution in [0.1, 0.15) is 19.3 Å². The second-order valence-corrected chi connectivity index (χ2v) is 5.21. The van der Waals surface area contributed by atoms with Gasteiger partial charge in [-0.1, -0.05) is 6.42 Å². The van der Waals surface area contributed by atoms with Gasteiger partial charge < -0.3 is 11.6 Å². The van der Waals surface area contributed by atoms with Crippen molar-refractivity contribution in [1.29, 1.82) is 0 Å². The zero-order valence-corrected chi connectivity index (χ0v) is 7.55. The molecule has 0 spiro atoms. The van der Waals surface area contributed by atoms with Crippen LogP contribution in [0.25, 0.3) is 0 Å². The maximum Gasteiger partial charge on any atom is 0.160 e. The summed E-state index contributed by atoms with van der Waals surface area (Å²) >= 11 is 0. The lowest BCUT2D eigenvalue weighted by Crippen LogP contribution is -2.40. The van der Waals surface area contributed by atoms with Crippen molar-refractivity contribution in [3.63, 3.8) is 0 Å². The average Bonchev–Trinajstić information content (AvgIpc) is 2.02. The van der Waals surface area contributed by atoms with Gasteiger partial charge in [0.2, 0.25) is 0 Å². The Balaban J connectivity index is 2.88. The average molecular weight is 191 g/mol. The predicted molar refractivity (Wildman–Crippen MR) is 47.2 cm³/mol. The van der Waals surface area contributed by atoms with E-state index in [1.165, 1.54) is 0 Å². The molecule has 1 atom stereocenters. The molecule has 0 amide bonds. The van der Waals surface area contributed by atoms with Crippen molar-refractivity contribution >= 4 is 15.7 Å². The first-order chi connectivity index (χ1) is 5.58. The van der Waals surface area contributed by atoms with Gasteiger partial charge in [0.25, 0.3) is 0 Å². The number of hydrogen-bond donors (Lipinski definition) is 2. The Hall–Kier alpha value is -0.780. The number of nitrogens with two attached hydrogens (primary N) is 2. The summed E-state index contributed by atoms with van der Waals surface area (Å²) in [6.07, 6.45) is 2.14. The first-order valence-corrected chi connectivity index (χ1v) is 5.54. The van der Waals surface area contributed by atoms with Crippen molar-refractivity contribution in [2.45, 2.75) is 24.5 Å². The molecule has 1 aliphatic heterocycles. The number of hydrogen-bond acceptors (Lipinski definition) is 4. The molecule has 5 nitrogen and oxygen atoms in total. The van der Waals surface area contributed by atoms with Crippen LogP contribution < -0.4 is 11.6 Å². The quantitative estimate of drug-likeness (QED) is 0.245. The van der Waals surface area contributed by atoms with Crippen LogP contribution in [-0.4, -0.2) is 25.3 Å². The highest BCUT2D eigenvalue weighted by Gasteiger charge is 2.31. The molecule has 12 heavy (non-hydrogen) atoms. The molecule has 0 radical (unpaired) electrons. The van der Waals surface area contributed by atoms with Gasteiger partial charge in [-0.3, -0.25) is 0 Å². The zero-order chi connectivity index (χ0) is 9.19. The summed E-state index contributed by atoms with van der Waals surface area (Å²) < 4.78 is 22.7. The molecule has 0 aromatic heterocycles. The molecule has 1 heterocycles. The van der Waals surface area contributed by atoms with Gasteiger partial charge in [-0.25, -0.2) is 8.42 Å². The Kier molecular flexibility index (Phi) is 2.56. The highest BCUT2D eigenvalue weighted by molar-refractivity contribution is 7.92. The topological polar surface area (TPSA) is 98.5 Å².